The van der Waals surface area contributed by atoms with E-state index in [0.29, 0.717) is 0 Å². The highest BCUT2D eigenvalue weighted by atomic mass is 16.3. The Balaban J connectivity index is 2.41. The van der Waals surface area contributed by atoms with Crippen LogP contribution in [0.2, 0.25) is 0 Å². The Kier molecular flexibility index (Phi) is 7.96. The molecule has 19 heavy (non-hydrogen) atoms. The Hall–Kier alpha value is -0.120. The lowest BCUT2D eigenvalue weighted by Gasteiger charge is -2.33. The molecule has 2 atom stereocenters. The number of aliphatic hydroxyl groups excluding tert-OH is 1. The largest absolute Gasteiger partial charge is 0.394 e. The van der Waals surface area contributed by atoms with Gasteiger partial charge in [-0.2, -0.15) is 0 Å². The van der Waals surface area contributed by atoms with Crippen LogP contribution in [-0.4, -0.2) is 48.3 Å². The van der Waals surface area contributed by atoms with E-state index in [1.54, 1.807) is 0 Å². The number of aliphatic hydroxyl groups is 1. The summed E-state index contributed by atoms with van der Waals surface area (Å²) in [4.78, 5) is 2.69. The molecule has 0 aromatic rings. The van der Waals surface area contributed by atoms with Crippen molar-refractivity contribution in [2.45, 2.75) is 76.8 Å². The zero-order chi connectivity index (χ0) is 14.1. The molecule has 2 unspecified atom stereocenters. The zero-order valence-electron chi connectivity index (χ0n) is 13.2. The standard InChI is InChI=1S/C16H34N2O/c1-4-15-10-7-6-8-12-18(15)13-9-11-16(5-2,14-19)17-3/h15,17,19H,4-14H2,1-3H3. The van der Waals surface area contributed by atoms with Gasteiger partial charge in [0.05, 0.1) is 6.61 Å². The van der Waals surface area contributed by atoms with Gasteiger partial charge in [0, 0.05) is 11.6 Å². The summed E-state index contributed by atoms with van der Waals surface area (Å²) in [5, 5.41) is 12.9. The molecule has 0 saturated carbocycles. The number of nitrogens with one attached hydrogen (secondary N) is 1. The minimum atomic E-state index is -0.0619. The molecule has 1 fully saturated rings. The van der Waals surface area contributed by atoms with E-state index in [-0.39, 0.29) is 12.1 Å². The van der Waals surface area contributed by atoms with E-state index < -0.39 is 0 Å². The van der Waals surface area contributed by atoms with Crippen molar-refractivity contribution in [2.24, 2.45) is 0 Å². The summed E-state index contributed by atoms with van der Waals surface area (Å²) in [6.07, 6.45) is 10.1. The highest BCUT2D eigenvalue weighted by Gasteiger charge is 2.25. The monoisotopic (exact) mass is 270 g/mol. The molecule has 3 heteroatoms. The van der Waals surface area contributed by atoms with Crippen molar-refractivity contribution in [2.75, 3.05) is 26.7 Å². The van der Waals surface area contributed by atoms with E-state index in [9.17, 15) is 5.11 Å². The normalized spacial score (nSPS) is 24.9. The molecule has 3 nitrogen and oxygen atoms in total. The topological polar surface area (TPSA) is 35.5 Å². The fourth-order valence-electron chi connectivity index (χ4n) is 3.36. The maximum absolute atomic E-state index is 9.58. The van der Waals surface area contributed by atoms with Crippen LogP contribution in [0.5, 0.6) is 0 Å². The maximum Gasteiger partial charge on any atom is 0.0613 e. The number of hydrogen-bond acceptors (Lipinski definition) is 3. The average molecular weight is 270 g/mol. The van der Waals surface area contributed by atoms with E-state index in [0.717, 1.165) is 18.9 Å². The smallest absolute Gasteiger partial charge is 0.0613 e. The van der Waals surface area contributed by atoms with Gasteiger partial charge in [-0.3, -0.25) is 0 Å². The van der Waals surface area contributed by atoms with Crippen LogP contribution in [0, 0.1) is 0 Å². The lowest BCUT2D eigenvalue weighted by molar-refractivity contribution is 0.137. The predicted molar refractivity (Wildman–Crippen MR) is 82.5 cm³/mol. The van der Waals surface area contributed by atoms with Crippen LogP contribution in [0.1, 0.15) is 65.2 Å². The molecule has 1 aliphatic heterocycles. The van der Waals surface area contributed by atoms with Gasteiger partial charge in [0.1, 0.15) is 0 Å². The molecule has 1 aliphatic rings. The molecule has 0 bridgehead atoms. The molecule has 0 spiro atoms. The predicted octanol–water partition coefficient (Wildman–Crippen LogP) is 2.78. The second kappa shape index (κ2) is 8.93. The number of likely N-dealkylation sites (N-methyl/N-ethyl adjacent to an activating group) is 1. The molecule has 2 N–H and O–H groups in total. The fraction of sp³-hybridized carbons (Fsp3) is 1.00. The van der Waals surface area contributed by atoms with Gasteiger partial charge >= 0.3 is 0 Å². The van der Waals surface area contributed by atoms with Crippen LogP contribution in [0.15, 0.2) is 0 Å². The first kappa shape index (κ1) is 16.9. The van der Waals surface area contributed by atoms with Gasteiger partial charge in [-0.25, -0.2) is 0 Å². The van der Waals surface area contributed by atoms with E-state index >= 15 is 0 Å². The first-order valence-electron chi connectivity index (χ1n) is 8.25. The van der Waals surface area contributed by atoms with Crippen LogP contribution < -0.4 is 5.32 Å². The van der Waals surface area contributed by atoms with Crippen LogP contribution in [-0.2, 0) is 0 Å². The molecule has 1 rings (SSSR count). The SMILES string of the molecule is CCC1CCCCCN1CCCC(CC)(CO)NC. The van der Waals surface area contributed by atoms with E-state index in [2.05, 4.69) is 24.1 Å². The summed E-state index contributed by atoms with van der Waals surface area (Å²) < 4.78 is 0. The summed E-state index contributed by atoms with van der Waals surface area (Å²) in [7, 11) is 1.97. The molecule has 1 saturated heterocycles. The van der Waals surface area contributed by atoms with Gasteiger partial charge in [0.25, 0.3) is 0 Å². The van der Waals surface area contributed by atoms with Gasteiger partial charge in [-0.05, 0) is 58.7 Å². The summed E-state index contributed by atoms with van der Waals surface area (Å²) >= 11 is 0. The second-order valence-corrected chi connectivity index (χ2v) is 6.09. The Morgan fingerprint density at radius 3 is 2.63 bits per heavy atom. The Morgan fingerprint density at radius 1 is 1.26 bits per heavy atom. The molecule has 1 heterocycles. The molecule has 114 valence electrons. The van der Waals surface area contributed by atoms with Gasteiger partial charge in [-0.15, -0.1) is 0 Å². The van der Waals surface area contributed by atoms with Crippen molar-refractivity contribution in [1.29, 1.82) is 0 Å². The van der Waals surface area contributed by atoms with Gasteiger partial charge in [0.15, 0.2) is 0 Å². The first-order valence-corrected chi connectivity index (χ1v) is 8.25. The third kappa shape index (κ3) is 5.05. The number of likely N-dealkylation sites (tertiary alicyclic amines) is 1. The van der Waals surface area contributed by atoms with Gasteiger partial charge < -0.3 is 15.3 Å². The molecule has 0 aliphatic carbocycles. The Bertz CT molecular complexity index is 221. The van der Waals surface area contributed by atoms with Crippen molar-refractivity contribution in [3.8, 4) is 0 Å². The maximum atomic E-state index is 9.58. The highest BCUT2D eigenvalue weighted by Crippen LogP contribution is 2.21. The molecule has 0 amide bonds. The van der Waals surface area contributed by atoms with E-state index in [1.807, 2.05) is 7.05 Å². The zero-order valence-corrected chi connectivity index (χ0v) is 13.2. The summed E-state index contributed by atoms with van der Waals surface area (Å²) in [6.45, 7) is 7.20. The van der Waals surface area contributed by atoms with E-state index in [4.69, 9.17) is 0 Å². The Labute approximate surface area is 119 Å². The van der Waals surface area contributed by atoms with Crippen molar-refractivity contribution in [3.05, 3.63) is 0 Å². The molecule has 0 radical (unpaired) electrons. The fourth-order valence-corrected chi connectivity index (χ4v) is 3.36. The lowest BCUT2D eigenvalue weighted by Crippen LogP contribution is -2.46. The van der Waals surface area contributed by atoms with Crippen LogP contribution >= 0.6 is 0 Å². The third-order valence-electron chi connectivity index (χ3n) is 5.08. The molecule has 0 aromatic heterocycles. The third-order valence-corrected chi connectivity index (χ3v) is 5.08. The number of rotatable bonds is 8. The molecule has 0 aromatic carbocycles. The van der Waals surface area contributed by atoms with E-state index in [1.165, 1.54) is 51.6 Å². The van der Waals surface area contributed by atoms with Crippen LogP contribution in [0.3, 0.4) is 0 Å². The second-order valence-electron chi connectivity index (χ2n) is 6.09. The summed E-state index contributed by atoms with van der Waals surface area (Å²) in [5.74, 6) is 0. The minimum absolute atomic E-state index is 0.0619. The van der Waals surface area contributed by atoms with Gasteiger partial charge in [-0.1, -0.05) is 26.7 Å². The van der Waals surface area contributed by atoms with Crippen molar-refractivity contribution >= 4 is 0 Å². The minimum Gasteiger partial charge on any atom is -0.394 e. The summed E-state index contributed by atoms with van der Waals surface area (Å²) in [5.41, 5.74) is -0.0619. The molecular formula is C16H34N2O. The van der Waals surface area contributed by atoms with Crippen molar-refractivity contribution in [1.82, 2.24) is 10.2 Å². The first-order chi connectivity index (χ1) is 9.21. The number of nitrogens with zero attached hydrogens (tertiary/aromatic N) is 1. The summed E-state index contributed by atoms with van der Waals surface area (Å²) in [6, 6.07) is 0.794. The molecular weight excluding hydrogens is 236 g/mol. The lowest BCUT2D eigenvalue weighted by atomic mass is 9.91. The number of hydrogen-bond donors (Lipinski definition) is 2. The quantitative estimate of drug-likeness (QED) is 0.712. The van der Waals surface area contributed by atoms with Crippen LogP contribution in [0.25, 0.3) is 0 Å². The van der Waals surface area contributed by atoms with Gasteiger partial charge in [0.2, 0.25) is 0 Å². The van der Waals surface area contributed by atoms with Crippen LogP contribution in [0.4, 0.5) is 0 Å². The van der Waals surface area contributed by atoms with Crippen molar-refractivity contribution < 1.29 is 5.11 Å². The Morgan fingerprint density at radius 2 is 2.05 bits per heavy atom. The van der Waals surface area contributed by atoms with Crippen molar-refractivity contribution in [3.63, 3.8) is 0 Å². The average Bonchev–Trinajstić information content (AvgIpc) is 2.69. The highest BCUT2D eigenvalue weighted by molar-refractivity contribution is 4.85.